The molecule has 0 bridgehead atoms. The van der Waals surface area contributed by atoms with Crippen molar-refractivity contribution in [3.05, 3.63) is 81.7 Å². The number of aromatic nitrogens is 1. The number of pyridine rings is 1. The van der Waals surface area contributed by atoms with Crippen molar-refractivity contribution < 1.29 is 60.5 Å². The van der Waals surface area contributed by atoms with Crippen LogP contribution >= 0.6 is 11.8 Å². The molecule has 3 aliphatic rings. The molecule has 1 saturated heterocycles. The zero-order valence-corrected chi connectivity index (χ0v) is 30.0. The van der Waals surface area contributed by atoms with Gasteiger partial charge in [-0.25, -0.2) is 9.37 Å². The Hall–Kier alpha value is -1.33. The topological polar surface area (TPSA) is 54.7 Å². The van der Waals surface area contributed by atoms with Crippen LogP contribution in [0.3, 0.4) is 0 Å². The van der Waals surface area contributed by atoms with Crippen molar-refractivity contribution in [2.75, 3.05) is 44.4 Å². The van der Waals surface area contributed by atoms with Gasteiger partial charge in [0, 0.05) is 31.6 Å². The van der Waals surface area contributed by atoms with Gasteiger partial charge >= 0.3 is 51.4 Å². The molecule has 0 aliphatic carbocycles. The number of rotatable bonds is 6. The van der Waals surface area contributed by atoms with Gasteiger partial charge in [0.2, 0.25) is 0 Å². The van der Waals surface area contributed by atoms with Gasteiger partial charge in [-0.1, -0.05) is 44.7 Å². The predicted molar refractivity (Wildman–Crippen MR) is 167 cm³/mol. The second-order valence-electron chi connectivity index (χ2n) is 10.5. The minimum absolute atomic E-state index is 0. The van der Waals surface area contributed by atoms with E-state index in [1.54, 1.807) is 11.8 Å². The van der Waals surface area contributed by atoms with Crippen LogP contribution in [0.2, 0.25) is 0 Å². The van der Waals surface area contributed by atoms with Crippen molar-refractivity contribution in [1.29, 1.82) is 0 Å². The molecular formula is C32H43FKN5OS. The second-order valence-corrected chi connectivity index (χ2v) is 11.3. The first-order valence-electron chi connectivity index (χ1n) is 14.2. The Morgan fingerprint density at radius 1 is 1.10 bits per heavy atom. The molecule has 0 spiro atoms. The number of anilines is 1. The van der Waals surface area contributed by atoms with Crippen LogP contribution < -0.4 is 61.6 Å². The third-order valence-corrected chi connectivity index (χ3v) is 8.32. The molecule has 216 valence electrons. The summed E-state index contributed by atoms with van der Waals surface area (Å²) in [6.07, 6.45) is 8.67. The fourth-order valence-corrected chi connectivity index (χ4v) is 6.07. The van der Waals surface area contributed by atoms with Crippen molar-refractivity contribution in [1.82, 2.24) is 15.2 Å². The molecule has 3 atom stereocenters. The molecule has 0 radical (unpaired) electrons. The number of thioether (sulfide) groups is 1. The molecule has 1 fully saturated rings. The number of fused-ring (bicyclic) bond motifs is 1. The van der Waals surface area contributed by atoms with Crippen LogP contribution in [0.25, 0.3) is 11.0 Å². The molecule has 1 N–H and O–H groups in total. The van der Waals surface area contributed by atoms with Gasteiger partial charge in [-0.15, -0.1) is 17.4 Å². The average Bonchev–Trinajstić information content (AvgIpc) is 2.95. The van der Waals surface area contributed by atoms with Gasteiger partial charge in [0.15, 0.2) is 11.6 Å². The first-order chi connectivity index (χ1) is 19.2. The number of nitrogens with zero attached hydrogens (tertiary/aromatic N) is 4. The second kappa shape index (κ2) is 15.4. The standard InChI is InChI=1S/C30H37FN5OS.C2H6.K/c1-18-7-9-23(13-28(18)38-6)33-15-24-12-27-22(14-32-24)8-10-26(35(27)5)25-11-19(2)29(31)30(34-25)36-16-20(3)37-21(4)17-36;1-2;/h7-13,20-21,27,32H,14-17H2,1-6H3;1-2H3;/q-1;;+1. The minimum atomic E-state index is -0.253. The van der Waals surface area contributed by atoms with Crippen molar-refractivity contribution in [3.63, 3.8) is 0 Å². The summed E-state index contributed by atoms with van der Waals surface area (Å²) in [4.78, 5) is 10.4. The largest absolute Gasteiger partial charge is 1.00 e. The molecule has 6 nitrogen and oxygen atoms in total. The molecule has 3 aliphatic heterocycles. The Labute approximate surface area is 292 Å². The monoisotopic (exact) mass is 603 g/mol. The van der Waals surface area contributed by atoms with E-state index < -0.39 is 0 Å². The number of allylic oxidation sites excluding steroid dienone is 2. The molecule has 3 unspecified atom stereocenters. The summed E-state index contributed by atoms with van der Waals surface area (Å²) in [5, 5.41) is 8.38. The number of likely N-dealkylation sites (N-methyl/N-ethyl adjacent to an activating group) is 1. The van der Waals surface area contributed by atoms with E-state index in [0.29, 0.717) is 31.0 Å². The molecule has 1 aromatic heterocycles. The van der Waals surface area contributed by atoms with E-state index in [0.717, 1.165) is 29.3 Å². The van der Waals surface area contributed by atoms with Crippen molar-refractivity contribution in [3.8, 4) is 0 Å². The quantitative estimate of drug-likeness (QED) is 0.399. The van der Waals surface area contributed by atoms with Crippen molar-refractivity contribution in [2.45, 2.75) is 64.7 Å². The summed E-state index contributed by atoms with van der Waals surface area (Å²) < 4.78 is 21.1. The minimum Gasteiger partial charge on any atom is -0.680 e. The normalized spacial score (nSPS) is 21.7. The van der Waals surface area contributed by atoms with E-state index in [2.05, 4.69) is 66.9 Å². The fourth-order valence-electron chi connectivity index (χ4n) is 5.44. The summed E-state index contributed by atoms with van der Waals surface area (Å²) in [6, 6.07) is 8.31. The summed E-state index contributed by atoms with van der Waals surface area (Å²) >= 11 is 1.75. The summed E-state index contributed by atoms with van der Waals surface area (Å²) in [7, 11) is 2.09. The molecule has 0 amide bonds. The van der Waals surface area contributed by atoms with Gasteiger partial charge in [0.05, 0.1) is 29.6 Å². The molecule has 2 aromatic rings. The number of halogens is 1. The van der Waals surface area contributed by atoms with Gasteiger partial charge in [-0.2, -0.15) is 0 Å². The fraction of sp³-hybridized carbons (Fsp3) is 0.469. The van der Waals surface area contributed by atoms with Crippen LogP contribution in [0, 0.1) is 19.7 Å². The predicted octanol–water partition coefficient (Wildman–Crippen LogP) is 3.98. The van der Waals surface area contributed by atoms with E-state index in [1.807, 2.05) is 45.6 Å². The van der Waals surface area contributed by atoms with Crippen LogP contribution in [0.15, 0.2) is 58.7 Å². The Balaban J connectivity index is 0.00000151. The number of nitrogens with one attached hydrogen (secondary N) is 1. The Kier molecular flexibility index (Phi) is 12.8. The van der Waals surface area contributed by atoms with Gasteiger partial charge in [0.25, 0.3) is 0 Å². The maximum atomic E-state index is 15.3. The summed E-state index contributed by atoms with van der Waals surface area (Å²) in [6.45, 7) is 14.6. The Morgan fingerprint density at radius 3 is 2.49 bits per heavy atom. The van der Waals surface area contributed by atoms with Crippen LogP contribution in [-0.4, -0.2) is 67.6 Å². The van der Waals surface area contributed by atoms with Crippen LogP contribution in [0.5, 0.6) is 0 Å². The first-order valence-corrected chi connectivity index (χ1v) is 15.4. The van der Waals surface area contributed by atoms with E-state index >= 15 is 4.39 Å². The molecule has 5 rings (SSSR count). The van der Waals surface area contributed by atoms with Crippen molar-refractivity contribution in [2.24, 2.45) is 0 Å². The molecular weight excluding hydrogens is 561 g/mol. The van der Waals surface area contributed by atoms with Gasteiger partial charge in [0.1, 0.15) is 0 Å². The SMILES string of the molecule is CC.CSc1cc([N-]CC2=CC3C(=CC=C(c4cc(C)c(F)c(N5CC(C)OC(C)C5)n4)N3C)CN2)ccc1C.[K+]. The molecule has 4 heterocycles. The number of morpholine rings is 1. The number of hydrogen-bond acceptors (Lipinski definition) is 6. The maximum absolute atomic E-state index is 15.3. The van der Waals surface area contributed by atoms with E-state index in [1.165, 1.54) is 16.0 Å². The van der Waals surface area contributed by atoms with Crippen molar-refractivity contribution >= 4 is 29.0 Å². The average molecular weight is 604 g/mol. The van der Waals surface area contributed by atoms with Crippen LogP contribution in [-0.2, 0) is 4.74 Å². The number of aryl methyl sites for hydroxylation is 2. The van der Waals surface area contributed by atoms with Crippen LogP contribution in [0.1, 0.15) is 44.5 Å². The van der Waals surface area contributed by atoms with Gasteiger partial charge < -0.3 is 25.2 Å². The smallest absolute Gasteiger partial charge is 0.680 e. The van der Waals surface area contributed by atoms with Crippen LogP contribution in [0.4, 0.5) is 15.9 Å². The third kappa shape index (κ3) is 7.99. The van der Waals surface area contributed by atoms with E-state index in [-0.39, 0.29) is 75.5 Å². The molecule has 41 heavy (non-hydrogen) atoms. The molecule has 1 aromatic carbocycles. The Bertz CT molecular complexity index is 1300. The van der Waals surface area contributed by atoms with Gasteiger partial charge in [-0.3, -0.25) is 0 Å². The van der Waals surface area contributed by atoms with Gasteiger partial charge in [-0.05, 0) is 74.6 Å². The molecule has 0 saturated carbocycles. The Morgan fingerprint density at radius 2 is 1.80 bits per heavy atom. The maximum Gasteiger partial charge on any atom is 1.00 e. The molecule has 9 heteroatoms. The number of benzene rings is 1. The number of hydrogen-bond donors (Lipinski definition) is 1. The zero-order chi connectivity index (χ0) is 29.0. The number of ether oxygens (including phenoxy) is 1. The first kappa shape index (κ1) is 34.2. The zero-order valence-electron chi connectivity index (χ0n) is 26.1. The summed E-state index contributed by atoms with van der Waals surface area (Å²) in [5.41, 5.74) is 7.02. The van der Waals surface area contributed by atoms with E-state index in [4.69, 9.17) is 15.0 Å². The summed E-state index contributed by atoms with van der Waals surface area (Å²) in [5.74, 6) is 0.158. The third-order valence-electron chi connectivity index (χ3n) is 7.44. The van der Waals surface area contributed by atoms with E-state index in [9.17, 15) is 0 Å².